The van der Waals surface area contributed by atoms with Gasteiger partial charge in [-0.05, 0) is 24.6 Å². The number of hydrogen-bond donors (Lipinski definition) is 2. The van der Waals surface area contributed by atoms with E-state index in [-0.39, 0.29) is 6.61 Å². The van der Waals surface area contributed by atoms with Crippen LogP contribution in [0.1, 0.15) is 18.4 Å². The highest BCUT2D eigenvalue weighted by atomic mass is 16.4. The van der Waals surface area contributed by atoms with Crippen LogP contribution in [0, 0.1) is 6.92 Å². The Morgan fingerprint density at radius 2 is 2.00 bits per heavy atom. The number of nitrogens with zero attached hydrogens (tertiary/aromatic N) is 5. The Kier molecular flexibility index (Phi) is 4.35. The number of hydrogen-bond acceptors (Lipinski definition) is 5. The van der Waals surface area contributed by atoms with E-state index in [1.807, 2.05) is 35.8 Å². The second kappa shape index (κ2) is 6.70. The van der Waals surface area contributed by atoms with Crippen LogP contribution in [0.25, 0.3) is 11.0 Å². The largest absolute Gasteiger partial charge is 0.479 e. The van der Waals surface area contributed by atoms with E-state index in [0.717, 1.165) is 22.5 Å². The number of benzene rings is 1. The summed E-state index contributed by atoms with van der Waals surface area (Å²) in [7, 11) is 0. The molecular weight excluding hydrogens is 346 g/mol. The summed E-state index contributed by atoms with van der Waals surface area (Å²) in [5.41, 5.74) is 1.76. The number of anilines is 1. The van der Waals surface area contributed by atoms with E-state index < -0.39 is 11.5 Å². The number of aliphatic carboxylic acids is 1. The Morgan fingerprint density at radius 3 is 2.63 bits per heavy atom. The molecule has 0 unspecified atom stereocenters. The molecule has 1 aliphatic rings. The summed E-state index contributed by atoms with van der Waals surface area (Å²) < 4.78 is 3.60. The van der Waals surface area contributed by atoms with Gasteiger partial charge in [0.2, 0.25) is 5.95 Å². The SMILES string of the molecule is Cc1cnn(C2(C(=O)O)CCN(c3nc4ccccc4n3CCO)CC2)c1. The molecule has 3 heterocycles. The number of piperidine rings is 1. The number of aliphatic hydroxyl groups excluding tert-OH is 1. The maximum atomic E-state index is 12.1. The van der Waals surface area contributed by atoms with Crippen molar-refractivity contribution in [3.8, 4) is 0 Å². The van der Waals surface area contributed by atoms with Gasteiger partial charge < -0.3 is 19.7 Å². The highest BCUT2D eigenvalue weighted by Gasteiger charge is 2.44. The van der Waals surface area contributed by atoms with E-state index in [4.69, 9.17) is 4.98 Å². The lowest BCUT2D eigenvalue weighted by molar-refractivity contribution is -0.149. The van der Waals surface area contributed by atoms with E-state index in [1.165, 1.54) is 0 Å². The number of aryl methyl sites for hydroxylation is 1. The second-order valence-electron chi connectivity index (χ2n) is 7.06. The molecule has 4 rings (SSSR count). The molecule has 1 aromatic carbocycles. The van der Waals surface area contributed by atoms with Crippen LogP contribution in [-0.2, 0) is 16.9 Å². The third-order valence-electron chi connectivity index (χ3n) is 5.38. The Labute approximate surface area is 156 Å². The van der Waals surface area contributed by atoms with Gasteiger partial charge in [-0.25, -0.2) is 9.78 Å². The molecule has 1 fully saturated rings. The van der Waals surface area contributed by atoms with Crippen LogP contribution in [0.5, 0.6) is 0 Å². The van der Waals surface area contributed by atoms with Crippen LogP contribution in [-0.4, -0.2) is 55.2 Å². The second-order valence-corrected chi connectivity index (χ2v) is 7.06. The molecular formula is C19H23N5O3. The van der Waals surface area contributed by atoms with Gasteiger partial charge in [-0.15, -0.1) is 0 Å². The highest BCUT2D eigenvalue weighted by molar-refractivity contribution is 5.79. The van der Waals surface area contributed by atoms with Gasteiger partial charge >= 0.3 is 5.97 Å². The van der Waals surface area contributed by atoms with Crippen LogP contribution in [0.3, 0.4) is 0 Å². The Balaban J connectivity index is 1.65. The molecule has 8 heteroatoms. The van der Waals surface area contributed by atoms with Crippen molar-refractivity contribution in [1.82, 2.24) is 19.3 Å². The first kappa shape index (κ1) is 17.5. The number of aromatic nitrogens is 4. The molecule has 8 nitrogen and oxygen atoms in total. The van der Waals surface area contributed by atoms with Crippen molar-refractivity contribution in [1.29, 1.82) is 0 Å². The lowest BCUT2D eigenvalue weighted by Gasteiger charge is -2.39. The third kappa shape index (κ3) is 2.86. The molecule has 0 saturated carbocycles. The van der Waals surface area contributed by atoms with Gasteiger partial charge in [0, 0.05) is 38.7 Å². The summed E-state index contributed by atoms with van der Waals surface area (Å²) in [6, 6.07) is 7.83. The zero-order chi connectivity index (χ0) is 19.0. The maximum Gasteiger partial charge on any atom is 0.331 e. The highest BCUT2D eigenvalue weighted by Crippen LogP contribution is 2.33. The van der Waals surface area contributed by atoms with Crippen molar-refractivity contribution < 1.29 is 15.0 Å². The Morgan fingerprint density at radius 1 is 1.26 bits per heavy atom. The predicted octanol–water partition coefficient (Wildman–Crippen LogP) is 1.61. The first-order valence-corrected chi connectivity index (χ1v) is 9.11. The summed E-state index contributed by atoms with van der Waals surface area (Å²) in [4.78, 5) is 18.9. The molecule has 0 aliphatic carbocycles. The lowest BCUT2D eigenvalue weighted by atomic mass is 9.87. The van der Waals surface area contributed by atoms with Crippen molar-refractivity contribution in [3.05, 3.63) is 42.2 Å². The molecule has 0 amide bonds. The number of aliphatic hydroxyl groups is 1. The number of para-hydroxylation sites is 2. The van der Waals surface area contributed by atoms with E-state index in [0.29, 0.717) is 32.5 Å². The normalized spacial score (nSPS) is 16.7. The quantitative estimate of drug-likeness (QED) is 0.709. The summed E-state index contributed by atoms with van der Waals surface area (Å²) in [5.74, 6) is -0.0741. The van der Waals surface area contributed by atoms with Crippen LogP contribution in [0.4, 0.5) is 5.95 Å². The van der Waals surface area contributed by atoms with Gasteiger partial charge in [0.15, 0.2) is 5.54 Å². The Hall–Kier alpha value is -2.87. The fourth-order valence-electron chi connectivity index (χ4n) is 3.89. The third-order valence-corrected chi connectivity index (χ3v) is 5.38. The number of rotatable bonds is 5. The molecule has 3 aromatic rings. The molecule has 2 N–H and O–H groups in total. The summed E-state index contributed by atoms with van der Waals surface area (Å²) in [6.07, 6.45) is 4.36. The van der Waals surface area contributed by atoms with Crippen LogP contribution in [0.2, 0.25) is 0 Å². The van der Waals surface area contributed by atoms with Gasteiger partial charge in [-0.2, -0.15) is 5.10 Å². The van der Waals surface area contributed by atoms with Crippen molar-refractivity contribution in [2.45, 2.75) is 31.8 Å². The van der Waals surface area contributed by atoms with Gasteiger partial charge in [0.25, 0.3) is 0 Å². The fourth-order valence-corrected chi connectivity index (χ4v) is 3.89. The topological polar surface area (TPSA) is 96.4 Å². The van der Waals surface area contributed by atoms with E-state index in [9.17, 15) is 15.0 Å². The molecule has 0 spiro atoms. The smallest absolute Gasteiger partial charge is 0.331 e. The molecule has 1 saturated heterocycles. The molecule has 0 radical (unpaired) electrons. The van der Waals surface area contributed by atoms with Gasteiger partial charge in [-0.3, -0.25) is 4.68 Å². The molecule has 142 valence electrons. The van der Waals surface area contributed by atoms with Crippen molar-refractivity contribution in [2.75, 3.05) is 24.6 Å². The number of fused-ring (bicyclic) bond motifs is 1. The predicted molar refractivity (Wildman–Crippen MR) is 101 cm³/mol. The van der Waals surface area contributed by atoms with E-state index in [1.54, 1.807) is 17.1 Å². The Bertz CT molecular complexity index is 969. The first-order valence-electron chi connectivity index (χ1n) is 9.11. The van der Waals surface area contributed by atoms with Crippen molar-refractivity contribution >= 4 is 23.0 Å². The fraction of sp³-hybridized carbons (Fsp3) is 0.421. The van der Waals surface area contributed by atoms with Crippen molar-refractivity contribution in [3.63, 3.8) is 0 Å². The monoisotopic (exact) mass is 369 g/mol. The van der Waals surface area contributed by atoms with Gasteiger partial charge in [0.05, 0.1) is 23.8 Å². The van der Waals surface area contributed by atoms with E-state index in [2.05, 4.69) is 10.00 Å². The van der Waals surface area contributed by atoms with Gasteiger partial charge in [0.1, 0.15) is 0 Å². The number of imidazole rings is 1. The summed E-state index contributed by atoms with van der Waals surface area (Å²) >= 11 is 0. The average molecular weight is 369 g/mol. The molecule has 0 bridgehead atoms. The minimum absolute atomic E-state index is 0.0207. The standard InChI is InChI=1S/C19H23N5O3/c1-14-12-20-24(13-14)19(17(26)27)6-8-22(9-7-19)18-21-15-4-2-3-5-16(15)23(18)10-11-25/h2-5,12-13,25H,6-11H2,1H3,(H,26,27). The van der Waals surface area contributed by atoms with E-state index >= 15 is 0 Å². The zero-order valence-corrected chi connectivity index (χ0v) is 15.2. The number of carbonyl (C=O) groups is 1. The average Bonchev–Trinajstić information content (AvgIpc) is 3.26. The number of carboxylic acids is 1. The molecule has 0 atom stereocenters. The zero-order valence-electron chi connectivity index (χ0n) is 15.2. The minimum atomic E-state index is -1.03. The molecule has 1 aliphatic heterocycles. The lowest BCUT2D eigenvalue weighted by Crippen LogP contribution is -2.52. The minimum Gasteiger partial charge on any atom is -0.479 e. The van der Waals surface area contributed by atoms with Gasteiger partial charge in [-0.1, -0.05) is 12.1 Å². The summed E-state index contributed by atoms with van der Waals surface area (Å²) in [5, 5.41) is 23.7. The number of carboxylic acid groups (broad SMARTS) is 1. The summed E-state index contributed by atoms with van der Waals surface area (Å²) in [6.45, 7) is 3.49. The van der Waals surface area contributed by atoms with Crippen LogP contribution < -0.4 is 4.90 Å². The van der Waals surface area contributed by atoms with Crippen LogP contribution in [0.15, 0.2) is 36.7 Å². The maximum absolute atomic E-state index is 12.1. The van der Waals surface area contributed by atoms with Crippen molar-refractivity contribution in [2.24, 2.45) is 0 Å². The first-order chi connectivity index (χ1) is 13.0. The molecule has 2 aromatic heterocycles. The molecule has 27 heavy (non-hydrogen) atoms. The van der Waals surface area contributed by atoms with Crippen LogP contribution >= 0.6 is 0 Å².